The van der Waals surface area contributed by atoms with Gasteiger partial charge in [0.25, 0.3) is 0 Å². The molecular weight excluding hydrogens is 216 g/mol. The maximum atomic E-state index is 12.1. The van der Waals surface area contributed by atoms with Crippen LogP contribution in [0.5, 0.6) is 0 Å². The number of carbonyl (C=O) groups is 1. The summed E-state index contributed by atoms with van der Waals surface area (Å²) >= 11 is 0. The molecule has 1 aromatic rings. The molecule has 1 amide bonds. The molecule has 3 N–H and O–H groups in total. The highest BCUT2D eigenvalue weighted by molar-refractivity contribution is 5.93. The van der Waals surface area contributed by atoms with Crippen LogP contribution in [0.1, 0.15) is 25.2 Å². The number of nitrogens with one attached hydrogen (secondary N) is 1. The first-order valence-corrected chi connectivity index (χ1v) is 5.89. The van der Waals surface area contributed by atoms with Crippen LogP contribution in [-0.4, -0.2) is 22.2 Å². The van der Waals surface area contributed by atoms with E-state index < -0.39 is 0 Å². The fourth-order valence-electron chi connectivity index (χ4n) is 1.85. The zero-order valence-corrected chi connectivity index (χ0v) is 11.2. The molecule has 0 saturated carbocycles. The first-order valence-electron chi connectivity index (χ1n) is 5.89. The van der Waals surface area contributed by atoms with Crippen LogP contribution in [0.3, 0.4) is 0 Å². The largest absolute Gasteiger partial charge is 0.330 e. The SMILES string of the molecule is Cc1nn(C)c(C)c1NC(=O)C(CN)C(C)C. The Morgan fingerprint density at radius 1 is 1.47 bits per heavy atom. The molecule has 5 nitrogen and oxygen atoms in total. The Hall–Kier alpha value is -1.36. The number of aromatic nitrogens is 2. The van der Waals surface area contributed by atoms with Gasteiger partial charge in [-0.3, -0.25) is 9.48 Å². The number of hydrogen-bond donors (Lipinski definition) is 2. The molecule has 1 heterocycles. The summed E-state index contributed by atoms with van der Waals surface area (Å²) in [6.07, 6.45) is 0. The summed E-state index contributed by atoms with van der Waals surface area (Å²) in [7, 11) is 1.86. The van der Waals surface area contributed by atoms with Crippen LogP contribution in [-0.2, 0) is 11.8 Å². The average molecular weight is 238 g/mol. The zero-order chi connectivity index (χ0) is 13.2. The van der Waals surface area contributed by atoms with Crippen LogP contribution in [0.4, 0.5) is 5.69 Å². The molecule has 0 aromatic carbocycles. The van der Waals surface area contributed by atoms with Crippen molar-refractivity contribution in [3.63, 3.8) is 0 Å². The summed E-state index contributed by atoms with van der Waals surface area (Å²) in [5.74, 6) is 0.0491. The molecule has 5 heteroatoms. The third-order valence-electron chi connectivity index (χ3n) is 3.15. The van der Waals surface area contributed by atoms with Crippen LogP contribution in [0, 0.1) is 25.7 Å². The number of amides is 1. The molecule has 0 saturated heterocycles. The van der Waals surface area contributed by atoms with E-state index in [2.05, 4.69) is 10.4 Å². The summed E-state index contributed by atoms with van der Waals surface area (Å²) in [4.78, 5) is 12.1. The molecule has 0 aliphatic carbocycles. The van der Waals surface area contributed by atoms with Gasteiger partial charge in [0.15, 0.2) is 0 Å². The lowest BCUT2D eigenvalue weighted by Gasteiger charge is -2.18. The molecule has 96 valence electrons. The Labute approximate surface area is 102 Å². The first kappa shape index (κ1) is 13.7. The molecule has 0 radical (unpaired) electrons. The Kier molecular flexibility index (Phi) is 4.28. The predicted molar refractivity (Wildman–Crippen MR) is 68.7 cm³/mol. The van der Waals surface area contributed by atoms with Gasteiger partial charge in [-0.05, 0) is 19.8 Å². The summed E-state index contributed by atoms with van der Waals surface area (Å²) < 4.78 is 1.76. The minimum Gasteiger partial charge on any atom is -0.330 e. The molecule has 17 heavy (non-hydrogen) atoms. The lowest BCUT2D eigenvalue weighted by molar-refractivity contribution is -0.120. The molecule has 1 atom stereocenters. The van der Waals surface area contributed by atoms with Crippen LogP contribution in [0.15, 0.2) is 0 Å². The number of anilines is 1. The van der Waals surface area contributed by atoms with Gasteiger partial charge in [-0.25, -0.2) is 0 Å². The number of carbonyl (C=O) groups excluding carboxylic acids is 1. The number of nitrogens with zero attached hydrogens (tertiary/aromatic N) is 2. The van der Waals surface area contributed by atoms with E-state index >= 15 is 0 Å². The van der Waals surface area contributed by atoms with Crippen molar-refractivity contribution in [2.24, 2.45) is 24.6 Å². The Bertz CT molecular complexity index is 409. The van der Waals surface area contributed by atoms with Gasteiger partial charge >= 0.3 is 0 Å². The lowest BCUT2D eigenvalue weighted by atomic mass is 9.95. The van der Waals surface area contributed by atoms with E-state index in [9.17, 15) is 4.79 Å². The minimum atomic E-state index is -0.158. The van der Waals surface area contributed by atoms with E-state index in [1.54, 1.807) is 4.68 Å². The van der Waals surface area contributed by atoms with Crippen LogP contribution < -0.4 is 11.1 Å². The number of rotatable bonds is 4. The predicted octanol–water partition coefficient (Wildman–Crippen LogP) is 1.21. The third kappa shape index (κ3) is 2.85. The van der Waals surface area contributed by atoms with Crippen LogP contribution in [0.2, 0.25) is 0 Å². The zero-order valence-electron chi connectivity index (χ0n) is 11.2. The van der Waals surface area contributed by atoms with Crippen molar-refractivity contribution >= 4 is 11.6 Å². The number of hydrogen-bond acceptors (Lipinski definition) is 3. The Balaban J connectivity index is 2.87. The Morgan fingerprint density at radius 3 is 2.41 bits per heavy atom. The van der Waals surface area contributed by atoms with Crippen molar-refractivity contribution in [2.45, 2.75) is 27.7 Å². The van der Waals surface area contributed by atoms with E-state index in [1.165, 1.54) is 0 Å². The van der Waals surface area contributed by atoms with Crippen LogP contribution in [0.25, 0.3) is 0 Å². The summed E-state index contributed by atoms with van der Waals surface area (Å²) in [5.41, 5.74) is 8.22. The minimum absolute atomic E-state index is 0.0262. The maximum absolute atomic E-state index is 12.1. The molecule has 0 bridgehead atoms. The summed E-state index contributed by atoms with van der Waals surface area (Å²) in [6.45, 7) is 8.18. The molecular formula is C12H22N4O. The van der Waals surface area contributed by atoms with Crippen molar-refractivity contribution in [3.8, 4) is 0 Å². The van der Waals surface area contributed by atoms with Gasteiger partial charge in [0.05, 0.1) is 23.0 Å². The molecule has 1 rings (SSSR count). The highest BCUT2D eigenvalue weighted by Gasteiger charge is 2.22. The van der Waals surface area contributed by atoms with Gasteiger partial charge in [-0.15, -0.1) is 0 Å². The van der Waals surface area contributed by atoms with Crippen molar-refractivity contribution < 1.29 is 4.79 Å². The fourth-order valence-corrected chi connectivity index (χ4v) is 1.85. The van der Waals surface area contributed by atoms with Crippen molar-refractivity contribution in [1.82, 2.24) is 9.78 Å². The molecule has 0 spiro atoms. The smallest absolute Gasteiger partial charge is 0.229 e. The summed E-state index contributed by atoms with van der Waals surface area (Å²) in [5, 5.41) is 7.19. The van der Waals surface area contributed by atoms with Crippen molar-refractivity contribution in [3.05, 3.63) is 11.4 Å². The molecule has 1 unspecified atom stereocenters. The second-order valence-electron chi connectivity index (χ2n) is 4.74. The van der Waals surface area contributed by atoms with Crippen molar-refractivity contribution in [2.75, 3.05) is 11.9 Å². The standard InChI is InChI=1S/C12H22N4O/c1-7(2)10(6-13)12(17)14-11-8(3)15-16(5)9(11)4/h7,10H,6,13H2,1-5H3,(H,14,17). The van der Waals surface area contributed by atoms with E-state index in [-0.39, 0.29) is 17.7 Å². The molecule has 0 fully saturated rings. The van der Waals surface area contributed by atoms with Crippen molar-refractivity contribution in [1.29, 1.82) is 0 Å². The Morgan fingerprint density at radius 2 is 2.06 bits per heavy atom. The summed E-state index contributed by atoms with van der Waals surface area (Å²) in [6, 6.07) is 0. The van der Waals surface area contributed by atoms with E-state index in [1.807, 2.05) is 34.7 Å². The van der Waals surface area contributed by atoms with Gasteiger partial charge in [0.2, 0.25) is 5.91 Å². The topological polar surface area (TPSA) is 72.9 Å². The first-order chi connectivity index (χ1) is 7.88. The van der Waals surface area contributed by atoms with Gasteiger partial charge in [-0.1, -0.05) is 13.8 Å². The second-order valence-corrected chi connectivity index (χ2v) is 4.74. The normalized spacial score (nSPS) is 12.9. The fraction of sp³-hybridized carbons (Fsp3) is 0.667. The highest BCUT2D eigenvalue weighted by Crippen LogP contribution is 2.20. The number of aryl methyl sites for hydroxylation is 2. The van der Waals surface area contributed by atoms with Gasteiger partial charge in [0.1, 0.15) is 0 Å². The van der Waals surface area contributed by atoms with Gasteiger partial charge in [-0.2, -0.15) is 5.10 Å². The molecule has 0 aliphatic rings. The van der Waals surface area contributed by atoms with E-state index in [0.717, 1.165) is 17.1 Å². The van der Waals surface area contributed by atoms with Gasteiger partial charge < -0.3 is 11.1 Å². The monoisotopic (exact) mass is 238 g/mol. The number of nitrogens with two attached hydrogens (primary N) is 1. The molecule has 1 aromatic heterocycles. The van der Waals surface area contributed by atoms with E-state index in [0.29, 0.717) is 6.54 Å². The molecule has 0 aliphatic heterocycles. The van der Waals surface area contributed by atoms with Crippen LogP contribution >= 0.6 is 0 Å². The quantitative estimate of drug-likeness (QED) is 0.828. The third-order valence-corrected chi connectivity index (χ3v) is 3.15. The second kappa shape index (κ2) is 5.31. The lowest BCUT2D eigenvalue weighted by Crippen LogP contribution is -2.33. The highest BCUT2D eigenvalue weighted by atomic mass is 16.1. The van der Waals surface area contributed by atoms with Gasteiger partial charge in [0, 0.05) is 13.6 Å². The maximum Gasteiger partial charge on any atom is 0.229 e. The average Bonchev–Trinajstić information content (AvgIpc) is 2.45. The van der Waals surface area contributed by atoms with E-state index in [4.69, 9.17) is 5.73 Å².